The first-order chi connectivity index (χ1) is 21.1. The number of hydrogen-bond acceptors (Lipinski definition) is 5. The zero-order valence-electron chi connectivity index (χ0n) is 23.6. The van der Waals surface area contributed by atoms with Crippen LogP contribution in [0, 0.1) is 0 Å². The highest BCUT2D eigenvalue weighted by molar-refractivity contribution is 8.00. The Kier molecular flexibility index (Phi) is 8.72. The van der Waals surface area contributed by atoms with Crippen molar-refractivity contribution < 1.29 is 9.53 Å². The lowest BCUT2D eigenvalue weighted by molar-refractivity contribution is -0.114. The average molecular weight is 605 g/mol. The van der Waals surface area contributed by atoms with Crippen LogP contribution in [0.4, 0.5) is 5.69 Å². The first kappa shape index (κ1) is 28.5. The molecule has 0 bridgehead atoms. The molecule has 1 aliphatic rings. The van der Waals surface area contributed by atoms with Crippen LogP contribution >= 0.6 is 23.4 Å². The molecular weight excluding hydrogens is 576 g/mol. The van der Waals surface area contributed by atoms with Gasteiger partial charge >= 0.3 is 0 Å². The number of aromatic nitrogens is 2. The summed E-state index contributed by atoms with van der Waals surface area (Å²) >= 11 is 7.70. The summed E-state index contributed by atoms with van der Waals surface area (Å²) in [6.45, 7) is 2.74. The van der Waals surface area contributed by atoms with Crippen LogP contribution in [0.15, 0.2) is 131 Å². The lowest BCUT2D eigenvalue weighted by atomic mass is 10.0. The van der Waals surface area contributed by atoms with E-state index in [4.69, 9.17) is 26.5 Å². The van der Waals surface area contributed by atoms with Crippen molar-refractivity contribution in [1.29, 1.82) is 0 Å². The van der Waals surface area contributed by atoms with Crippen molar-refractivity contribution in [2.45, 2.75) is 18.2 Å². The second-order valence-electron chi connectivity index (χ2n) is 9.89. The zero-order chi connectivity index (χ0) is 29.6. The lowest BCUT2D eigenvalue weighted by Crippen LogP contribution is -2.21. The monoisotopic (exact) mass is 604 g/mol. The summed E-state index contributed by atoms with van der Waals surface area (Å²) in [5.41, 5.74) is 5.35. The van der Waals surface area contributed by atoms with Gasteiger partial charge in [-0.1, -0.05) is 54.9 Å². The van der Waals surface area contributed by atoms with Gasteiger partial charge in [0, 0.05) is 33.0 Å². The fourth-order valence-corrected chi connectivity index (χ4v) is 5.62. The third kappa shape index (κ3) is 6.58. The van der Waals surface area contributed by atoms with Crippen molar-refractivity contribution in [3.63, 3.8) is 0 Å². The normalized spacial score (nSPS) is 13.9. The van der Waals surface area contributed by atoms with E-state index in [0.717, 1.165) is 39.6 Å². The average Bonchev–Trinajstić information content (AvgIpc) is 3.62. The summed E-state index contributed by atoms with van der Waals surface area (Å²) in [4.78, 5) is 15.0. The number of para-hydroxylation sites is 2. The van der Waals surface area contributed by atoms with Crippen molar-refractivity contribution in [3.8, 4) is 22.7 Å². The molecule has 0 unspecified atom stereocenters. The van der Waals surface area contributed by atoms with Crippen LogP contribution in [0.3, 0.4) is 0 Å². The number of hydrazone groups is 1. The molecule has 1 amide bonds. The summed E-state index contributed by atoms with van der Waals surface area (Å²) in [5.74, 6) is 1.14. The number of carbonyl (C=O) groups excluding carboxylic acids is 1. The van der Waals surface area contributed by atoms with Gasteiger partial charge in [-0.15, -0.1) is 11.8 Å². The Morgan fingerprint density at radius 1 is 0.860 bits per heavy atom. The maximum absolute atomic E-state index is 13.9. The molecule has 6 rings (SSSR count). The molecule has 6 nitrogen and oxygen atoms in total. The SMILES string of the molecule is CCCOc1ccc(-c2nn(-c3ccccc3)cc2C=C2C(=O)N(c3ccccc3)N=C2CSc2ccc(Cl)cc2)cc1. The maximum Gasteiger partial charge on any atom is 0.280 e. The predicted molar refractivity (Wildman–Crippen MR) is 176 cm³/mol. The summed E-state index contributed by atoms with van der Waals surface area (Å²) in [6, 6.07) is 35.0. The molecule has 0 radical (unpaired) electrons. The number of ether oxygens (including phenoxy) is 1. The minimum Gasteiger partial charge on any atom is -0.494 e. The summed E-state index contributed by atoms with van der Waals surface area (Å²) in [5, 5.41) is 11.9. The third-order valence-electron chi connectivity index (χ3n) is 6.81. The van der Waals surface area contributed by atoms with Crippen molar-refractivity contribution in [1.82, 2.24) is 9.78 Å². The highest BCUT2D eigenvalue weighted by Gasteiger charge is 2.31. The predicted octanol–water partition coefficient (Wildman–Crippen LogP) is 8.56. The largest absolute Gasteiger partial charge is 0.494 e. The minimum absolute atomic E-state index is 0.181. The Morgan fingerprint density at radius 3 is 2.21 bits per heavy atom. The van der Waals surface area contributed by atoms with Crippen LogP contribution < -0.4 is 9.75 Å². The van der Waals surface area contributed by atoms with E-state index in [-0.39, 0.29) is 5.91 Å². The van der Waals surface area contributed by atoms with Gasteiger partial charge in [-0.2, -0.15) is 15.2 Å². The maximum atomic E-state index is 13.9. The quantitative estimate of drug-likeness (QED) is 0.118. The third-order valence-corrected chi connectivity index (χ3v) is 8.08. The van der Waals surface area contributed by atoms with E-state index in [9.17, 15) is 4.79 Å². The van der Waals surface area contributed by atoms with Crippen LogP contribution in [0.25, 0.3) is 23.0 Å². The Morgan fingerprint density at radius 2 is 1.53 bits per heavy atom. The number of halogens is 1. The zero-order valence-corrected chi connectivity index (χ0v) is 25.1. The van der Waals surface area contributed by atoms with Gasteiger partial charge in [0.25, 0.3) is 5.91 Å². The highest BCUT2D eigenvalue weighted by Crippen LogP contribution is 2.32. The summed E-state index contributed by atoms with van der Waals surface area (Å²) in [7, 11) is 0. The molecule has 1 aliphatic heterocycles. The number of rotatable bonds is 10. The molecule has 1 aromatic heterocycles. The van der Waals surface area contributed by atoms with E-state index in [1.165, 1.54) is 5.01 Å². The Labute approximate surface area is 260 Å². The van der Waals surface area contributed by atoms with Gasteiger partial charge in [0.15, 0.2) is 0 Å². The number of nitrogens with zero attached hydrogens (tertiary/aromatic N) is 4. The number of carbonyl (C=O) groups is 1. The van der Waals surface area contributed by atoms with Gasteiger partial charge in [-0.3, -0.25) is 4.79 Å². The van der Waals surface area contributed by atoms with Gasteiger partial charge in [-0.25, -0.2) is 4.68 Å². The van der Waals surface area contributed by atoms with E-state index in [1.54, 1.807) is 11.8 Å². The van der Waals surface area contributed by atoms with E-state index >= 15 is 0 Å². The molecule has 4 aromatic carbocycles. The van der Waals surface area contributed by atoms with Crippen LogP contribution in [0.2, 0.25) is 5.02 Å². The number of hydrogen-bond donors (Lipinski definition) is 0. The van der Waals surface area contributed by atoms with Gasteiger partial charge < -0.3 is 4.74 Å². The van der Waals surface area contributed by atoms with Crippen LogP contribution in [0.5, 0.6) is 5.75 Å². The first-order valence-corrected chi connectivity index (χ1v) is 15.4. The standard InChI is InChI=1S/C35H29ClN4O2S/c1-2-21-42-30-17-13-25(14-18-30)34-26(23-39(38-34)28-9-5-3-6-10-28)22-32-33(24-43-31-19-15-27(36)16-20-31)37-40(35(32)41)29-11-7-4-8-12-29/h3-20,22-23H,2,21,24H2,1H3. The Bertz CT molecular complexity index is 1770. The summed E-state index contributed by atoms with van der Waals surface area (Å²) in [6.07, 6.45) is 4.81. The van der Waals surface area contributed by atoms with Crippen LogP contribution in [0.1, 0.15) is 18.9 Å². The number of thioether (sulfide) groups is 1. The van der Waals surface area contributed by atoms with Gasteiger partial charge in [0.1, 0.15) is 5.75 Å². The van der Waals surface area contributed by atoms with E-state index in [0.29, 0.717) is 34.4 Å². The molecule has 214 valence electrons. The molecule has 0 fully saturated rings. The molecule has 0 N–H and O–H groups in total. The first-order valence-electron chi connectivity index (χ1n) is 14.0. The molecular formula is C35H29ClN4O2S. The van der Waals surface area contributed by atoms with E-state index in [1.807, 2.05) is 126 Å². The van der Waals surface area contributed by atoms with Crippen molar-refractivity contribution >= 4 is 46.7 Å². The van der Waals surface area contributed by atoms with Gasteiger partial charge in [0.05, 0.1) is 35.0 Å². The van der Waals surface area contributed by atoms with E-state index in [2.05, 4.69) is 6.92 Å². The molecule has 43 heavy (non-hydrogen) atoms. The molecule has 2 heterocycles. The molecule has 0 saturated heterocycles. The van der Waals surface area contributed by atoms with Crippen molar-refractivity contribution in [2.75, 3.05) is 17.4 Å². The molecule has 0 saturated carbocycles. The second kappa shape index (κ2) is 13.2. The summed E-state index contributed by atoms with van der Waals surface area (Å²) < 4.78 is 7.64. The van der Waals surface area contributed by atoms with Crippen molar-refractivity contribution in [2.24, 2.45) is 5.10 Å². The van der Waals surface area contributed by atoms with Gasteiger partial charge in [0.2, 0.25) is 0 Å². The Hall–Kier alpha value is -4.59. The number of anilines is 1. The van der Waals surface area contributed by atoms with E-state index < -0.39 is 0 Å². The smallest absolute Gasteiger partial charge is 0.280 e. The topological polar surface area (TPSA) is 59.7 Å². The minimum atomic E-state index is -0.181. The molecule has 0 spiro atoms. The van der Waals surface area contributed by atoms with Crippen LogP contribution in [-0.2, 0) is 4.79 Å². The number of amides is 1. The van der Waals surface area contributed by atoms with Crippen molar-refractivity contribution in [3.05, 3.63) is 132 Å². The molecule has 8 heteroatoms. The Balaban J connectivity index is 1.41. The fraction of sp³-hybridized carbons (Fsp3) is 0.114. The second-order valence-corrected chi connectivity index (χ2v) is 11.4. The fourth-order valence-electron chi connectivity index (χ4n) is 4.65. The molecule has 5 aromatic rings. The molecule has 0 aliphatic carbocycles. The molecule has 0 atom stereocenters. The van der Waals surface area contributed by atoms with Crippen LogP contribution in [-0.4, -0.2) is 33.8 Å². The number of benzene rings is 4. The van der Waals surface area contributed by atoms with Gasteiger partial charge in [-0.05, 0) is 85.3 Å². The lowest BCUT2D eigenvalue weighted by Gasteiger charge is -2.11. The highest BCUT2D eigenvalue weighted by atomic mass is 35.5.